The number of methoxy groups -OCH3 is 2. The highest BCUT2D eigenvalue weighted by molar-refractivity contribution is 6.46. The standard InChI is InChI=1S/C28H35ClN2O6/c1-6-30(7-2)14-9-15-31-25(18-10-13-22(35-4)23(17-18)36-5)24(27(33)28(31)34)26(32)19-11-12-21(37-8-3)20(29)16-19/h10-13,16-17,25,32H,6-9,14-15H2,1-5H3/b26-24+/t25-/m0/s1. The van der Waals surface area contributed by atoms with Crippen molar-refractivity contribution in [1.82, 2.24) is 9.80 Å². The van der Waals surface area contributed by atoms with Gasteiger partial charge in [-0.25, -0.2) is 0 Å². The lowest BCUT2D eigenvalue weighted by Gasteiger charge is -2.27. The molecule has 0 bridgehead atoms. The molecule has 200 valence electrons. The van der Waals surface area contributed by atoms with Crippen molar-refractivity contribution in [2.75, 3.05) is 47.0 Å². The Labute approximate surface area is 223 Å². The first-order valence-corrected chi connectivity index (χ1v) is 12.8. The predicted molar refractivity (Wildman–Crippen MR) is 144 cm³/mol. The average molecular weight is 531 g/mol. The van der Waals surface area contributed by atoms with Crippen molar-refractivity contribution >= 4 is 29.1 Å². The Hall–Kier alpha value is -3.23. The molecule has 0 aliphatic carbocycles. The number of carbonyl (C=O) groups excluding carboxylic acids is 2. The summed E-state index contributed by atoms with van der Waals surface area (Å²) in [6.07, 6.45) is 0.674. The highest BCUT2D eigenvalue weighted by atomic mass is 35.5. The number of carbonyl (C=O) groups is 2. The molecule has 0 unspecified atom stereocenters. The largest absolute Gasteiger partial charge is 0.507 e. The maximum atomic E-state index is 13.3. The number of ether oxygens (including phenoxy) is 3. The molecule has 1 saturated heterocycles. The fourth-order valence-corrected chi connectivity index (χ4v) is 4.80. The number of benzene rings is 2. The van der Waals surface area contributed by atoms with E-state index in [2.05, 4.69) is 18.7 Å². The Kier molecular flexibility index (Phi) is 9.83. The van der Waals surface area contributed by atoms with Gasteiger partial charge in [-0.1, -0.05) is 31.5 Å². The van der Waals surface area contributed by atoms with Crippen LogP contribution in [0.4, 0.5) is 0 Å². The Balaban J connectivity index is 2.10. The first-order chi connectivity index (χ1) is 17.8. The number of amides is 1. The molecule has 1 atom stereocenters. The highest BCUT2D eigenvalue weighted by Gasteiger charge is 2.46. The van der Waals surface area contributed by atoms with Crippen LogP contribution in [0.25, 0.3) is 5.76 Å². The molecule has 0 spiro atoms. The Morgan fingerprint density at radius 3 is 2.27 bits per heavy atom. The van der Waals surface area contributed by atoms with E-state index >= 15 is 0 Å². The summed E-state index contributed by atoms with van der Waals surface area (Å²) in [5.41, 5.74) is 0.943. The maximum absolute atomic E-state index is 13.3. The number of hydrogen-bond acceptors (Lipinski definition) is 7. The summed E-state index contributed by atoms with van der Waals surface area (Å²) in [6, 6.07) is 9.19. The van der Waals surface area contributed by atoms with Crippen molar-refractivity contribution in [2.45, 2.75) is 33.2 Å². The number of Topliss-reactive ketones (excluding diaryl/α,β-unsaturated/α-hetero) is 1. The molecule has 0 radical (unpaired) electrons. The molecule has 3 rings (SSSR count). The van der Waals surface area contributed by atoms with Crippen LogP contribution in [0.3, 0.4) is 0 Å². The first-order valence-electron chi connectivity index (χ1n) is 12.5. The summed E-state index contributed by atoms with van der Waals surface area (Å²) in [6.45, 7) is 9.37. The van der Waals surface area contributed by atoms with Gasteiger partial charge in [-0.2, -0.15) is 0 Å². The molecule has 1 heterocycles. The van der Waals surface area contributed by atoms with Crippen LogP contribution < -0.4 is 14.2 Å². The van der Waals surface area contributed by atoms with E-state index in [0.29, 0.717) is 53.0 Å². The van der Waals surface area contributed by atoms with Crippen molar-refractivity contribution in [3.63, 3.8) is 0 Å². The molecule has 2 aromatic carbocycles. The van der Waals surface area contributed by atoms with Crippen LogP contribution in [0.1, 0.15) is 44.4 Å². The molecule has 37 heavy (non-hydrogen) atoms. The van der Waals surface area contributed by atoms with Gasteiger partial charge in [0.15, 0.2) is 11.5 Å². The lowest BCUT2D eigenvalue weighted by Crippen LogP contribution is -2.33. The van der Waals surface area contributed by atoms with Crippen molar-refractivity contribution in [1.29, 1.82) is 0 Å². The first kappa shape index (κ1) is 28.3. The van der Waals surface area contributed by atoms with Gasteiger partial charge in [-0.05, 0) is 68.9 Å². The number of aliphatic hydroxyl groups excluding tert-OH is 1. The van der Waals surface area contributed by atoms with E-state index in [4.69, 9.17) is 25.8 Å². The lowest BCUT2D eigenvalue weighted by atomic mass is 9.95. The van der Waals surface area contributed by atoms with E-state index < -0.39 is 17.7 Å². The fraction of sp³-hybridized carbons (Fsp3) is 0.429. The molecule has 8 nitrogen and oxygen atoms in total. The predicted octanol–water partition coefficient (Wildman–Crippen LogP) is 4.91. The molecule has 1 fully saturated rings. The Morgan fingerprint density at radius 1 is 1.00 bits per heavy atom. The quantitative estimate of drug-likeness (QED) is 0.237. The monoisotopic (exact) mass is 530 g/mol. The van der Waals surface area contributed by atoms with Crippen molar-refractivity contribution < 1.29 is 28.9 Å². The number of likely N-dealkylation sites (tertiary alicyclic amines) is 1. The zero-order chi connectivity index (χ0) is 27.1. The van der Waals surface area contributed by atoms with Crippen LogP contribution in [-0.4, -0.2) is 73.6 Å². The van der Waals surface area contributed by atoms with E-state index in [1.54, 1.807) is 30.3 Å². The van der Waals surface area contributed by atoms with E-state index in [-0.39, 0.29) is 11.3 Å². The van der Waals surface area contributed by atoms with Gasteiger partial charge in [0, 0.05) is 12.1 Å². The van der Waals surface area contributed by atoms with Gasteiger partial charge >= 0.3 is 0 Å². The number of hydrogen-bond donors (Lipinski definition) is 1. The SMILES string of the molecule is CCOc1ccc(/C(O)=C2\C(=O)C(=O)N(CCCN(CC)CC)[C@H]2c2ccc(OC)c(OC)c2)cc1Cl. The van der Waals surface area contributed by atoms with Gasteiger partial charge in [-0.3, -0.25) is 9.59 Å². The van der Waals surface area contributed by atoms with Gasteiger partial charge in [0.05, 0.1) is 37.5 Å². The van der Waals surface area contributed by atoms with Gasteiger partial charge in [0.2, 0.25) is 0 Å². The maximum Gasteiger partial charge on any atom is 0.295 e. The topological polar surface area (TPSA) is 88.5 Å². The van der Waals surface area contributed by atoms with Gasteiger partial charge < -0.3 is 29.1 Å². The third kappa shape index (κ3) is 6.02. The summed E-state index contributed by atoms with van der Waals surface area (Å²) in [4.78, 5) is 30.3. The second-order valence-corrected chi connectivity index (χ2v) is 8.97. The zero-order valence-electron chi connectivity index (χ0n) is 22.0. The Morgan fingerprint density at radius 2 is 1.68 bits per heavy atom. The van der Waals surface area contributed by atoms with E-state index in [9.17, 15) is 14.7 Å². The van der Waals surface area contributed by atoms with Crippen molar-refractivity contribution in [3.8, 4) is 17.2 Å². The molecule has 1 amide bonds. The number of nitrogens with zero attached hydrogens (tertiary/aromatic N) is 2. The summed E-state index contributed by atoms with van der Waals surface area (Å²) in [5.74, 6) is -0.257. The molecular formula is C28H35ClN2O6. The van der Waals surface area contributed by atoms with Crippen LogP contribution in [-0.2, 0) is 9.59 Å². The number of rotatable bonds is 12. The Bertz CT molecular complexity index is 1160. The van der Waals surface area contributed by atoms with E-state index in [1.165, 1.54) is 25.2 Å². The van der Waals surface area contributed by atoms with Crippen LogP contribution in [0, 0.1) is 0 Å². The molecule has 0 aromatic heterocycles. The normalized spacial score (nSPS) is 16.9. The van der Waals surface area contributed by atoms with Crippen molar-refractivity contribution in [2.24, 2.45) is 0 Å². The zero-order valence-corrected chi connectivity index (χ0v) is 22.8. The second-order valence-electron chi connectivity index (χ2n) is 8.57. The summed E-state index contributed by atoms with van der Waals surface area (Å²) in [7, 11) is 3.05. The number of halogens is 1. The molecular weight excluding hydrogens is 496 g/mol. The summed E-state index contributed by atoms with van der Waals surface area (Å²) < 4.78 is 16.3. The minimum Gasteiger partial charge on any atom is -0.507 e. The van der Waals surface area contributed by atoms with Gasteiger partial charge in [0.25, 0.3) is 11.7 Å². The number of ketones is 1. The van der Waals surface area contributed by atoms with Crippen LogP contribution >= 0.6 is 11.6 Å². The third-order valence-electron chi connectivity index (χ3n) is 6.54. The fourth-order valence-electron chi connectivity index (χ4n) is 4.56. The van der Waals surface area contributed by atoms with Gasteiger partial charge in [0.1, 0.15) is 11.5 Å². The molecule has 0 saturated carbocycles. The lowest BCUT2D eigenvalue weighted by molar-refractivity contribution is -0.140. The second kappa shape index (κ2) is 12.8. The smallest absolute Gasteiger partial charge is 0.295 e. The minimum absolute atomic E-state index is 0.000264. The highest BCUT2D eigenvalue weighted by Crippen LogP contribution is 2.42. The average Bonchev–Trinajstić information content (AvgIpc) is 3.16. The molecule has 2 aromatic rings. The van der Waals surface area contributed by atoms with Crippen LogP contribution in [0.2, 0.25) is 5.02 Å². The van der Waals surface area contributed by atoms with Crippen LogP contribution in [0.15, 0.2) is 42.0 Å². The molecule has 1 aliphatic rings. The van der Waals surface area contributed by atoms with Crippen LogP contribution in [0.5, 0.6) is 17.2 Å². The molecule has 1 aliphatic heterocycles. The van der Waals surface area contributed by atoms with E-state index in [1.807, 2.05) is 6.92 Å². The minimum atomic E-state index is -0.804. The van der Waals surface area contributed by atoms with E-state index in [0.717, 1.165) is 19.6 Å². The molecule has 9 heteroatoms. The number of aliphatic hydroxyl groups is 1. The van der Waals surface area contributed by atoms with Gasteiger partial charge in [-0.15, -0.1) is 0 Å². The summed E-state index contributed by atoms with van der Waals surface area (Å²) >= 11 is 6.35. The summed E-state index contributed by atoms with van der Waals surface area (Å²) in [5, 5.41) is 11.6. The van der Waals surface area contributed by atoms with Crippen molar-refractivity contribution in [3.05, 3.63) is 58.1 Å². The third-order valence-corrected chi connectivity index (χ3v) is 6.83. The molecule has 1 N–H and O–H groups in total.